The summed E-state index contributed by atoms with van der Waals surface area (Å²) in [5.74, 6) is -1.03. The summed E-state index contributed by atoms with van der Waals surface area (Å²) in [6.45, 7) is 0.397. The van der Waals surface area contributed by atoms with Gasteiger partial charge in [0.1, 0.15) is 0 Å². The molecule has 20 heavy (non-hydrogen) atoms. The number of nitrogens with zero attached hydrogens (tertiary/aromatic N) is 2. The second-order valence-electron chi connectivity index (χ2n) is 4.48. The topological polar surface area (TPSA) is 103 Å². The Morgan fingerprint density at radius 1 is 1.25 bits per heavy atom. The summed E-state index contributed by atoms with van der Waals surface area (Å²) in [7, 11) is -3.63. The van der Waals surface area contributed by atoms with Crippen LogP contribution in [-0.4, -0.2) is 34.0 Å². The smallest absolute Gasteiger partial charge is 0.335 e. The zero-order valence-electron chi connectivity index (χ0n) is 10.3. The summed E-state index contributed by atoms with van der Waals surface area (Å²) in [5.41, 5.74) is 1.69. The first kappa shape index (κ1) is 12.8. The Bertz CT molecular complexity index is 768. The number of carbonyl (C=O) groups is 1. The van der Waals surface area contributed by atoms with Crippen LogP contribution in [0.1, 0.15) is 21.5 Å². The van der Waals surface area contributed by atoms with Crippen molar-refractivity contribution in [2.75, 3.05) is 0 Å². The average Bonchev–Trinajstić information content (AvgIpc) is 3.07. The molecule has 0 saturated carbocycles. The predicted molar refractivity (Wildman–Crippen MR) is 68.4 cm³/mol. The van der Waals surface area contributed by atoms with Gasteiger partial charge in [-0.3, -0.25) is 5.10 Å². The zero-order valence-corrected chi connectivity index (χ0v) is 11.1. The van der Waals surface area contributed by atoms with Crippen LogP contribution in [0, 0.1) is 0 Å². The fourth-order valence-corrected chi connectivity index (χ4v) is 3.49. The molecule has 1 aromatic carbocycles. The van der Waals surface area contributed by atoms with Crippen molar-refractivity contribution in [2.45, 2.75) is 18.1 Å². The molecule has 104 valence electrons. The average molecular weight is 293 g/mol. The van der Waals surface area contributed by atoms with E-state index in [9.17, 15) is 13.2 Å². The summed E-state index contributed by atoms with van der Waals surface area (Å²) < 4.78 is 25.9. The zero-order chi connectivity index (χ0) is 14.3. The van der Waals surface area contributed by atoms with Crippen molar-refractivity contribution < 1.29 is 18.3 Å². The molecule has 1 aliphatic heterocycles. The van der Waals surface area contributed by atoms with Crippen molar-refractivity contribution in [3.63, 3.8) is 0 Å². The van der Waals surface area contributed by atoms with E-state index in [0.717, 1.165) is 5.56 Å². The molecule has 0 aliphatic carbocycles. The van der Waals surface area contributed by atoms with Crippen LogP contribution in [0.25, 0.3) is 0 Å². The quantitative estimate of drug-likeness (QED) is 0.871. The van der Waals surface area contributed by atoms with Crippen LogP contribution in [0.2, 0.25) is 0 Å². The number of hydrogen-bond donors (Lipinski definition) is 2. The van der Waals surface area contributed by atoms with E-state index in [2.05, 4.69) is 10.2 Å². The number of H-pyrrole nitrogens is 1. The van der Waals surface area contributed by atoms with Gasteiger partial charge in [-0.25, -0.2) is 13.2 Å². The highest BCUT2D eigenvalue weighted by Gasteiger charge is 2.31. The van der Waals surface area contributed by atoms with Crippen LogP contribution >= 0.6 is 0 Å². The van der Waals surface area contributed by atoms with Crippen LogP contribution in [0.4, 0.5) is 0 Å². The number of nitrogens with one attached hydrogen (secondary N) is 1. The Hall–Kier alpha value is -2.19. The maximum absolute atomic E-state index is 12.3. The van der Waals surface area contributed by atoms with Crippen LogP contribution < -0.4 is 0 Å². The first-order valence-electron chi connectivity index (χ1n) is 5.83. The molecule has 0 amide bonds. The van der Waals surface area contributed by atoms with Gasteiger partial charge in [0, 0.05) is 13.1 Å². The van der Waals surface area contributed by atoms with Crippen LogP contribution in [-0.2, 0) is 23.1 Å². The maximum Gasteiger partial charge on any atom is 0.335 e. The van der Waals surface area contributed by atoms with E-state index < -0.39 is 16.0 Å². The highest BCUT2D eigenvalue weighted by molar-refractivity contribution is 7.89. The van der Waals surface area contributed by atoms with Crippen molar-refractivity contribution in [1.82, 2.24) is 14.5 Å². The Balaban J connectivity index is 1.93. The lowest BCUT2D eigenvalue weighted by Crippen LogP contribution is -2.25. The van der Waals surface area contributed by atoms with E-state index in [1.165, 1.54) is 28.7 Å². The molecule has 0 unspecified atom stereocenters. The molecular formula is C12H11N3O4S. The third-order valence-electron chi connectivity index (χ3n) is 3.24. The number of carboxylic acid groups (broad SMARTS) is 1. The summed E-state index contributed by atoms with van der Waals surface area (Å²) >= 11 is 0. The molecule has 0 fully saturated rings. The number of aromatic nitrogens is 2. The fraction of sp³-hybridized carbons (Fsp3) is 0.167. The minimum atomic E-state index is -3.63. The van der Waals surface area contributed by atoms with Crippen molar-refractivity contribution in [1.29, 1.82) is 0 Å². The standard InChI is InChI=1S/C12H11N3O4S/c16-12(17)8-1-2-9-6-15(7-10(9)5-8)20(18,19)11-3-4-13-14-11/h1-5H,6-7H2,(H,13,14)(H,16,17). The number of sulfonamides is 1. The SMILES string of the molecule is O=C(O)c1ccc2c(c1)CN(S(=O)(=O)c1ccn[nH]1)C2. The van der Waals surface area contributed by atoms with Gasteiger partial charge in [-0.05, 0) is 29.3 Å². The van der Waals surface area contributed by atoms with Gasteiger partial charge in [0.2, 0.25) is 0 Å². The molecule has 7 nitrogen and oxygen atoms in total. The minimum Gasteiger partial charge on any atom is -0.478 e. The number of benzene rings is 1. The van der Waals surface area contributed by atoms with Gasteiger partial charge in [0.25, 0.3) is 10.0 Å². The summed E-state index contributed by atoms with van der Waals surface area (Å²) in [4.78, 5) is 10.9. The molecule has 0 radical (unpaired) electrons. The summed E-state index contributed by atoms with van der Waals surface area (Å²) in [6, 6.07) is 6.04. The molecule has 1 aliphatic rings. The second-order valence-corrected chi connectivity index (χ2v) is 6.39. The van der Waals surface area contributed by atoms with Crippen molar-refractivity contribution in [2.24, 2.45) is 0 Å². The number of aromatic amines is 1. The third-order valence-corrected chi connectivity index (χ3v) is 4.96. The van der Waals surface area contributed by atoms with Gasteiger partial charge < -0.3 is 5.11 Å². The molecule has 8 heteroatoms. The fourth-order valence-electron chi connectivity index (χ4n) is 2.19. The monoisotopic (exact) mass is 293 g/mol. The number of rotatable bonds is 3. The molecule has 0 spiro atoms. The normalized spacial score (nSPS) is 15.2. The van der Waals surface area contributed by atoms with E-state index in [1.807, 2.05) is 0 Å². The summed E-state index contributed by atoms with van der Waals surface area (Å²) in [6.07, 6.45) is 1.37. The van der Waals surface area contributed by atoms with E-state index in [4.69, 9.17) is 5.11 Å². The first-order valence-corrected chi connectivity index (χ1v) is 7.27. The van der Waals surface area contributed by atoms with Crippen LogP contribution in [0.5, 0.6) is 0 Å². The van der Waals surface area contributed by atoms with Gasteiger partial charge in [-0.2, -0.15) is 9.40 Å². The Morgan fingerprint density at radius 3 is 2.65 bits per heavy atom. The van der Waals surface area contributed by atoms with Crippen molar-refractivity contribution >= 4 is 16.0 Å². The van der Waals surface area contributed by atoms with Gasteiger partial charge >= 0.3 is 5.97 Å². The molecule has 1 aromatic heterocycles. The molecule has 2 aromatic rings. The lowest BCUT2D eigenvalue weighted by molar-refractivity contribution is 0.0696. The van der Waals surface area contributed by atoms with Gasteiger partial charge in [-0.15, -0.1) is 0 Å². The second kappa shape index (κ2) is 4.43. The molecule has 0 bridgehead atoms. The Morgan fingerprint density at radius 2 is 2.00 bits per heavy atom. The van der Waals surface area contributed by atoms with Gasteiger partial charge in [0.15, 0.2) is 5.03 Å². The van der Waals surface area contributed by atoms with E-state index in [0.29, 0.717) is 5.56 Å². The number of carboxylic acids is 1. The number of fused-ring (bicyclic) bond motifs is 1. The van der Waals surface area contributed by atoms with E-state index >= 15 is 0 Å². The maximum atomic E-state index is 12.3. The highest BCUT2D eigenvalue weighted by Crippen LogP contribution is 2.28. The van der Waals surface area contributed by atoms with E-state index in [-0.39, 0.29) is 23.7 Å². The van der Waals surface area contributed by atoms with Crippen molar-refractivity contribution in [3.05, 3.63) is 47.2 Å². The summed E-state index contributed by atoms with van der Waals surface area (Å²) in [5, 5.41) is 15.1. The lowest BCUT2D eigenvalue weighted by Gasteiger charge is -2.13. The van der Waals surface area contributed by atoms with Gasteiger partial charge in [0.05, 0.1) is 11.8 Å². The molecular weight excluding hydrogens is 282 g/mol. The predicted octanol–water partition coefficient (Wildman–Crippen LogP) is 0.812. The van der Waals surface area contributed by atoms with E-state index in [1.54, 1.807) is 6.07 Å². The molecule has 0 atom stereocenters. The van der Waals surface area contributed by atoms with Crippen LogP contribution in [0.3, 0.4) is 0 Å². The Labute approximate surface area is 114 Å². The minimum absolute atomic E-state index is 0.0313. The molecule has 0 saturated heterocycles. The Kier molecular flexibility index (Phi) is 2.84. The molecule has 2 N–H and O–H groups in total. The van der Waals surface area contributed by atoms with Gasteiger partial charge in [-0.1, -0.05) is 6.07 Å². The molecule has 2 heterocycles. The van der Waals surface area contributed by atoms with Crippen molar-refractivity contribution in [3.8, 4) is 0 Å². The largest absolute Gasteiger partial charge is 0.478 e. The third kappa shape index (κ3) is 1.98. The van der Waals surface area contributed by atoms with Crippen LogP contribution in [0.15, 0.2) is 35.5 Å². The number of hydrogen-bond acceptors (Lipinski definition) is 4. The lowest BCUT2D eigenvalue weighted by atomic mass is 10.1. The highest BCUT2D eigenvalue weighted by atomic mass is 32.2. The molecule has 3 rings (SSSR count). The first-order chi connectivity index (χ1) is 9.48. The number of aromatic carboxylic acids is 1.